The maximum Gasteiger partial charge on any atom is 0.153 e. The van der Waals surface area contributed by atoms with Crippen LogP contribution in [0.5, 0.6) is 0 Å². The van der Waals surface area contributed by atoms with Crippen LogP contribution in [0, 0.1) is 22.1 Å². The Morgan fingerprint density at radius 1 is 1.23 bits per heavy atom. The van der Waals surface area contributed by atoms with Gasteiger partial charge in [0.15, 0.2) is 5.54 Å². The second kappa shape index (κ2) is 8.65. The minimum absolute atomic E-state index is 0.322. The molecule has 0 amide bonds. The normalized spacial score (nSPS) is 13.2. The molecule has 0 heterocycles. The first-order chi connectivity index (χ1) is 12.5. The maximum absolute atomic E-state index is 13.4. The van der Waals surface area contributed by atoms with E-state index in [4.69, 9.17) is 5.26 Å². The van der Waals surface area contributed by atoms with Gasteiger partial charge in [-0.05, 0) is 74.4 Å². The quantitative estimate of drug-likeness (QED) is 0.735. The van der Waals surface area contributed by atoms with Crippen molar-refractivity contribution in [3.63, 3.8) is 0 Å². The summed E-state index contributed by atoms with van der Waals surface area (Å²) in [4.78, 5) is 14.1. The number of aliphatic hydroxyl groups is 1. The third-order valence-electron chi connectivity index (χ3n) is 4.47. The predicted molar refractivity (Wildman–Crippen MR) is 97.8 cm³/mol. The molecule has 0 spiro atoms. The summed E-state index contributed by atoms with van der Waals surface area (Å²) in [7, 11) is 3.88. The average molecular weight is 355 g/mol. The minimum atomic E-state index is -1.25. The van der Waals surface area contributed by atoms with E-state index in [9.17, 15) is 14.4 Å². The van der Waals surface area contributed by atoms with E-state index in [1.54, 1.807) is 30.3 Å². The van der Waals surface area contributed by atoms with Gasteiger partial charge in [-0.25, -0.2) is 4.39 Å². The fraction of sp³-hybridized carbons (Fsp3) is 0.350. The van der Waals surface area contributed by atoms with Crippen LogP contribution in [-0.4, -0.2) is 30.6 Å². The molecule has 0 bridgehead atoms. The Morgan fingerprint density at radius 3 is 2.46 bits per heavy atom. The zero-order chi connectivity index (χ0) is 19.2. The molecule has 0 aromatic heterocycles. The van der Waals surface area contributed by atoms with Gasteiger partial charge in [0.25, 0.3) is 0 Å². The lowest BCUT2D eigenvalue weighted by Crippen LogP contribution is -2.28. The lowest BCUT2D eigenvalue weighted by molar-refractivity contribution is 0.277. The number of hydrogen-bond acceptors (Lipinski definition) is 5. The van der Waals surface area contributed by atoms with E-state index in [2.05, 4.69) is 5.18 Å². The molecule has 2 rings (SSSR count). The van der Waals surface area contributed by atoms with Crippen LogP contribution in [0.2, 0.25) is 0 Å². The van der Waals surface area contributed by atoms with Gasteiger partial charge in [-0.2, -0.15) is 5.26 Å². The summed E-state index contributed by atoms with van der Waals surface area (Å²) < 4.78 is 13.4. The summed E-state index contributed by atoms with van der Waals surface area (Å²) in [5, 5.41) is 22.3. The van der Waals surface area contributed by atoms with Gasteiger partial charge in [0, 0.05) is 0 Å². The van der Waals surface area contributed by atoms with Crippen LogP contribution >= 0.6 is 0 Å². The van der Waals surface area contributed by atoms with Crippen LogP contribution in [0.4, 0.5) is 4.39 Å². The van der Waals surface area contributed by atoms with Crippen molar-refractivity contribution in [3.8, 4) is 6.07 Å². The molecule has 1 N–H and O–H groups in total. The van der Waals surface area contributed by atoms with Gasteiger partial charge in [0.2, 0.25) is 0 Å². The highest BCUT2D eigenvalue weighted by Crippen LogP contribution is 2.40. The highest BCUT2D eigenvalue weighted by atomic mass is 19.1. The largest absolute Gasteiger partial charge is 0.392 e. The fourth-order valence-electron chi connectivity index (χ4n) is 3.16. The van der Waals surface area contributed by atoms with Gasteiger partial charge in [-0.1, -0.05) is 23.4 Å². The monoisotopic (exact) mass is 355 g/mol. The zero-order valence-corrected chi connectivity index (χ0v) is 14.9. The van der Waals surface area contributed by atoms with Crippen LogP contribution in [0.3, 0.4) is 0 Å². The van der Waals surface area contributed by atoms with Crippen LogP contribution in [-0.2, 0) is 12.1 Å². The van der Waals surface area contributed by atoms with Crippen molar-refractivity contribution in [2.45, 2.75) is 25.0 Å². The van der Waals surface area contributed by atoms with E-state index in [1.165, 1.54) is 12.1 Å². The van der Waals surface area contributed by atoms with Crippen molar-refractivity contribution in [1.82, 2.24) is 4.90 Å². The molecular weight excluding hydrogens is 333 g/mol. The maximum atomic E-state index is 13.4. The third-order valence-corrected chi connectivity index (χ3v) is 4.47. The number of nitroso groups, excluding NO2 is 1. The minimum Gasteiger partial charge on any atom is -0.392 e. The first kappa shape index (κ1) is 19.7. The molecule has 5 nitrogen and oxygen atoms in total. The highest BCUT2D eigenvalue weighted by Gasteiger charge is 2.37. The molecule has 0 aliphatic heterocycles. The molecule has 1 atom stereocenters. The SMILES string of the molecule is CN(C)CCC[C@](N=O)(c1ccc(F)cc1)c1ccc(C#N)cc1CO. The second-order valence-corrected chi connectivity index (χ2v) is 6.51. The van der Waals surface area contributed by atoms with Crippen LogP contribution in [0.1, 0.15) is 35.1 Å². The first-order valence-corrected chi connectivity index (χ1v) is 8.36. The summed E-state index contributed by atoms with van der Waals surface area (Å²) in [6, 6.07) is 12.5. The average Bonchev–Trinajstić information content (AvgIpc) is 2.65. The second-order valence-electron chi connectivity index (χ2n) is 6.51. The predicted octanol–water partition coefficient (Wildman–Crippen LogP) is 3.54. The van der Waals surface area contributed by atoms with Crippen molar-refractivity contribution in [1.29, 1.82) is 5.26 Å². The Bertz CT molecular complexity index is 800. The standard InChI is InChI=1S/C20H22FN3O2/c1-24(2)11-3-10-20(23-26,17-5-7-18(21)8-6-17)19-9-4-15(13-22)12-16(19)14-25/h4-9,12,25H,3,10-11,14H2,1-2H3/t20-/m0/s1. The third kappa shape index (κ3) is 4.13. The van der Waals surface area contributed by atoms with E-state index in [-0.39, 0.29) is 6.61 Å². The molecule has 2 aromatic rings. The van der Waals surface area contributed by atoms with Crippen molar-refractivity contribution in [2.24, 2.45) is 5.18 Å². The Morgan fingerprint density at radius 2 is 1.92 bits per heavy atom. The van der Waals surface area contributed by atoms with Gasteiger partial charge in [-0.15, -0.1) is 4.91 Å². The van der Waals surface area contributed by atoms with E-state index < -0.39 is 11.4 Å². The highest BCUT2D eigenvalue weighted by molar-refractivity contribution is 5.47. The number of benzene rings is 2. The van der Waals surface area contributed by atoms with Gasteiger partial charge in [0.05, 0.1) is 18.2 Å². The van der Waals surface area contributed by atoms with Gasteiger partial charge in [0.1, 0.15) is 5.82 Å². The summed E-state index contributed by atoms with van der Waals surface area (Å²) in [6.45, 7) is 0.431. The summed E-state index contributed by atoms with van der Waals surface area (Å²) in [5.74, 6) is -0.399. The van der Waals surface area contributed by atoms with Crippen molar-refractivity contribution >= 4 is 0 Å². The molecule has 26 heavy (non-hydrogen) atoms. The number of aliphatic hydroxyl groups excluding tert-OH is 1. The Kier molecular flexibility index (Phi) is 6.56. The molecule has 0 radical (unpaired) electrons. The molecule has 2 aromatic carbocycles. The zero-order valence-electron chi connectivity index (χ0n) is 14.9. The molecule has 0 saturated carbocycles. The first-order valence-electron chi connectivity index (χ1n) is 8.36. The van der Waals surface area contributed by atoms with Crippen molar-refractivity contribution < 1.29 is 9.50 Å². The molecule has 6 heteroatoms. The van der Waals surface area contributed by atoms with E-state index >= 15 is 0 Å². The van der Waals surface area contributed by atoms with Crippen molar-refractivity contribution in [2.75, 3.05) is 20.6 Å². The van der Waals surface area contributed by atoms with Gasteiger partial charge in [-0.3, -0.25) is 0 Å². The van der Waals surface area contributed by atoms with E-state index in [0.717, 1.165) is 6.54 Å². The van der Waals surface area contributed by atoms with E-state index in [0.29, 0.717) is 35.1 Å². The fourth-order valence-corrected chi connectivity index (χ4v) is 3.16. The topological polar surface area (TPSA) is 76.7 Å². The lowest BCUT2D eigenvalue weighted by atomic mass is 9.77. The molecule has 0 unspecified atom stereocenters. The molecule has 0 saturated heterocycles. The summed E-state index contributed by atoms with van der Waals surface area (Å²) in [6.07, 6.45) is 1.08. The Labute approximate surface area is 152 Å². The number of rotatable bonds is 8. The van der Waals surface area contributed by atoms with Gasteiger partial charge < -0.3 is 10.0 Å². The van der Waals surface area contributed by atoms with E-state index in [1.807, 2.05) is 25.1 Å². The van der Waals surface area contributed by atoms with Crippen LogP contribution < -0.4 is 0 Å². The Balaban J connectivity index is 2.60. The number of halogens is 1. The molecule has 0 aliphatic carbocycles. The molecule has 0 aliphatic rings. The number of nitrogens with zero attached hydrogens (tertiary/aromatic N) is 3. The van der Waals surface area contributed by atoms with Gasteiger partial charge >= 0.3 is 0 Å². The number of nitriles is 1. The number of hydrogen-bond donors (Lipinski definition) is 1. The molecule has 136 valence electrons. The lowest BCUT2D eigenvalue weighted by Gasteiger charge is -2.30. The summed E-state index contributed by atoms with van der Waals surface area (Å²) >= 11 is 0. The summed E-state index contributed by atoms with van der Waals surface area (Å²) in [5.41, 5.74) is 0.713. The van der Waals surface area contributed by atoms with Crippen molar-refractivity contribution in [3.05, 3.63) is 75.4 Å². The Hall–Kier alpha value is -2.62. The molecule has 0 fully saturated rings. The molecular formula is C20H22FN3O2. The van der Waals surface area contributed by atoms with Crippen LogP contribution in [0.15, 0.2) is 47.6 Å². The smallest absolute Gasteiger partial charge is 0.153 e. The van der Waals surface area contributed by atoms with Crippen LogP contribution in [0.25, 0.3) is 0 Å².